The normalized spacial score (nSPS) is 14.1. The Kier molecular flexibility index (Phi) is 4.52. The second kappa shape index (κ2) is 6.75. The Morgan fingerprint density at radius 1 is 1.35 bits per heavy atom. The zero-order valence-electron chi connectivity index (χ0n) is 12.5. The van der Waals surface area contributed by atoms with Crippen LogP contribution in [0.5, 0.6) is 11.6 Å². The van der Waals surface area contributed by atoms with Gasteiger partial charge in [-0.25, -0.2) is 9.78 Å². The van der Waals surface area contributed by atoms with Gasteiger partial charge in [0, 0.05) is 17.3 Å². The fraction of sp³-hybridized carbons (Fsp3) is 0.250. The van der Waals surface area contributed by atoms with E-state index >= 15 is 0 Å². The van der Waals surface area contributed by atoms with Crippen molar-refractivity contribution in [2.24, 2.45) is 0 Å². The number of halogens is 1. The summed E-state index contributed by atoms with van der Waals surface area (Å²) < 4.78 is 10.9. The second-order valence-electron chi connectivity index (χ2n) is 5.09. The predicted molar refractivity (Wildman–Crippen MR) is 87.2 cm³/mol. The molecule has 6 nitrogen and oxygen atoms in total. The summed E-state index contributed by atoms with van der Waals surface area (Å²) in [5, 5.41) is 3.32. The van der Waals surface area contributed by atoms with Gasteiger partial charge >= 0.3 is 6.03 Å². The van der Waals surface area contributed by atoms with E-state index < -0.39 is 0 Å². The number of urea groups is 1. The van der Waals surface area contributed by atoms with Gasteiger partial charge in [0.05, 0.1) is 25.9 Å². The van der Waals surface area contributed by atoms with Gasteiger partial charge in [-0.2, -0.15) is 0 Å². The average Bonchev–Trinajstić information content (AvgIpc) is 2.51. The summed E-state index contributed by atoms with van der Waals surface area (Å²) in [7, 11) is 1.54. The Labute approximate surface area is 139 Å². The van der Waals surface area contributed by atoms with Gasteiger partial charge in [-0.15, -0.1) is 0 Å². The lowest BCUT2D eigenvalue weighted by molar-refractivity contribution is 0.0461. The third-order valence-corrected chi connectivity index (χ3v) is 3.70. The predicted octanol–water partition coefficient (Wildman–Crippen LogP) is 3.04. The zero-order valence-corrected chi connectivity index (χ0v) is 13.3. The van der Waals surface area contributed by atoms with Crippen LogP contribution in [-0.4, -0.2) is 42.2 Å². The third-order valence-electron chi connectivity index (χ3n) is 3.46. The Balaban J connectivity index is 1.54. The second-order valence-corrected chi connectivity index (χ2v) is 5.52. The Bertz CT molecular complexity index is 690. The first-order valence-corrected chi connectivity index (χ1v) is 7.50. The van der Waals surface area contributed by atoms with Crippen molar-refractivity contribution in [2.75, 3.05) is 25.5 Å². The topological polar surface area (TPSA) is 63.7 Å². The van der Waals surface area contributed by atoms with E-state index in [4.69, 9.17) is 21.1 Å². The fourth-order valence-electron chi connectivity index (χ4n) is 2.24. The van der Waals surface area contributed by atoms with Gasteiger partial charge in [-0.05, 0) is 24.3 Å². The van der Waals surface area contributed by atoms with E-state index in [1.54, 1.807) is 42.5 Å². The van der Waals surface area contributed by atoms with Crippen LogP contribution in [0.4, 0.5) is 10.5 Å². The van der Waals surface area contributed by atoms with Gasteiger partial charge in [-0.3, -0.25) is 0 Å². The maximum Gasteiger partial charge on any atom is 0.322 e. The van der Waals surface area contributed by atoms with Crippen molar-refractivity contribution in [1.82, 2.24) is 9.88 Å². The Morgan fingerprint density at radius 3 is 2.87 bits per heavy atom. The highest BCUT2D eigenvalue weighted by Gasteiger charge is 2.32. The van der Waals surface area contributed by atoms with Gasteiger partial charge in [0.15, 0.2) is 0 Å². The number of anilines is 1. The molecule has 0 aliphatic carbocycles. The summed E-state index contributed by atoms with van der Waals surface area (Å²) >= 11 is 5.95. The maximum absolute atomic E-state index is 12.2. The van der Waals surface area contributed by atoms with E-state index in [0.717, 1.165) is 0 Å². The van der Waals surface area contributed by atoms with Crippen LogP contribution in [0.25, 0.3) is 0 Å². The van der Waals surface area contributed by atoms with Crippen LogP contribution in [-0.2, 0) is 0 Å². The molecule has 0 radical (unpaired) electrons. The zero-order chi connectivity index (χ0) is 16.2. The number of benzene rings is 1. The van der Waals surface area contributed by atoms with Crippen molar-refractivity contribution in [3.63, 3.8) is 0 Å². The number of likely N-dealkylation sites (tertiary alicyclic amines) is 1. The van der Waals surface area contributed by atoms with Crippen LogP contribution >= 0.6 is 11.6 Å². The molecule has 120 valence electrons. The smallest absolute Gasteiger partial charge is 0.322 e. The van der Waals surface area contributed by atoms with Gasteiger partial charge in [0.25, 0.3) is 0 Å². The number of ether oxygens (including phenoxy) is 2. The maximum atomic E-state index is 12.2. The first-order chi connectivity index (χ1) is 11.2. The number of rotatable bonds is 4. The van der Waals surface area contributed by atoms with Crippen LogP contribution in [0.1, 0.15) is 0 Å². The third kappa shape index (κ3) is 3.65. The monoisotopic (exact) mass is 333 g/mol. The summed E-state index contributed by atoms with van der Waals surface area (Å²) in [5.41, 5.74) is 0.541. The van der Waals surface area contributed by atoms with Gasteiger partial charge in [-0.1, -0.05) is 17.7 Å². The lowest BCUT2D eigenvalue weighted by Crippen LogP contribution is -2.57. The Hall–Kier alpha value is -2.47. The van der Waals surface area contributed by atoms with Gasteiger partial charge < -0.3 is 19.7 Å². The molecule has 2 aromatic rings. The fourth-order valence-corrected chi connectivity index (χ4v) is 2.41. The molecule has 0 bridgehead atoms. The van der Waals surface area contributed by atoms with Crippen LogP contribution in [0.3, 0.4) is 0 Å². The molecule has 0 spiro atoms. The minimum absolute atomic E-state index is 0.0445. The standard InChI is InChI=1S/C16H16ClN3O3/c1-22-14-6-5-11(17)8-13(14)19-16(21)20-9-12(10-20)23-15-4-2-3-7-18-15/h2-8,12H,9-10H2,1H3,(H,19,21). The first-order valence-electron chi connectivity index (χ1n) is 7.13. The molecule has 23 heavy (non-hydrogen) atoms. The summed E-state index contributed by atoms with van der Waals surface area (Å²) in [6.07, 6.45) is 1.63. The van der Waals surface area contributed by atoms with Crippen molar-refractivity contribution in [1.29, 1.82) is 0 Å². The lowest BCUT2D eigenvalue weighted by Gasteiger charge is -2.38. The minimum atomic E-state index is -0.216. The molecule has 1 N–H and O–H groups in total. The van der Waals surface area contributed by atoms with Crippen molar-refractivity contribution < 1.29 is 14.3 Å². The SMILES string of the molecule is COc1ccc(Cl)cc1NC(=O)N1CC(Oc2ccccn2)C1. The summed E-state index contributed by atoms with van der Waals surface area (Å²) in [4.78, 5) is 18.0. The average molecular weight is 334 g/mol. The summed E-state index contributed by atoms with van der Waals surface area (Å²) in [5.74, 6) is 1.12. The van der Waals surface area contributed by atoms with Crippen molar-refractivity contribution in [2.45, 2.75) is 6.10 Å². The largest absolute Gasteiger partial charge is 0.495 e. The van der Waals surface area contributed by atoms with E-state index in [2.05, 4.69) is 10.3 Å². The molecule has 3 rings (SSSR count). The number of hydrogen-bond acceptors (Lipinski definition) is 4. The number of pyridine rings is 1. The van der Waals surface area contributed by atoms with E-state index in [1.165, 1.54) is 0 Å². The van der Waals surface area contributed by atoms with E-state index in [0.29, 0.717) is 35.4 Å². The van der Waals surface area contributed by atoms with E-state index in [1.807, 2.05) is 12.1 Å². The minimum Gasteiger partial charge on any atom is -0.495 e. The number of carbonyl (C=O) groups excluding carboxylic acids is 1. The van der Waals surface area contributed by atoms with Gasteiger partial charge in [0.2, 0.25) is 5.88 Å². The molecule has 1 aliphatic heterocycles. The van der Waals surface area contributed by atoms with Crippen LogP contribution < -0.4 is 14.8 Å². The molecule has 1 saturated heterocycles. The molecular formula is C16H16ClN3O3. The lowest BCUT2D eigenvalue weighted by atomic mass is 10.2. The van der Waals surface area contributed by atoms with Crippen LogP contribution in [0, 0.1) is 0 Å². The molecule has 0 unspecified atom stereocenters. The molecule has 1 aromatic heterocycles. The number of amides is 2. The molecule has 1 aliphatic rings. The summed E-state index contributed by atoms with van der Waals surface area (Å²) in [6.45, 7) is 1.01. The van der Waals surface area contributed by atoms with E-state index in [9.17, 15) is 4.79 Å². The molecule has 0 saturated carbocycles. The molecular weight excluding hydrogens is 318 g/mol. The van der Waals surface area contributed by atoms with Crippen molar-refractivity contribution in [3.8, 4) is 11.6 Å². The number of nitrogens with zero attached hydrogens (tertiary/aromatic N) is 2. The molecule has 2 heterocycles. The van der Waals surface area contributed by atoms with E-state index in [-0.39, 0.29) is 12.1 Å². The van der Waals surface area contributed by atoms with Gasteiger partial charge in [0.1, 0.15) is 11.9 Å². The number of nitrogens with one attached hydrogen (secondary N) is 1. The molecule has 0 atom stereocenters. The van der Waals surface area contributed by atoms with Crippen molar-refractivity contribution >= 4 is 23.3 Å². The summed E-state index contributed by atoms with van der Waals surface area (Å²) in [6, 6.07) is 10.3. The highest BCUT2D eigenvalue weighted by molar-refractivity contribution is 6.31. The molecule has 1 fully saturated rings. The first kappa shape index (κ1) is 15.4. The molecule has 2 amide bonds. The molecule has 1 aromatic carbocycles. The number of aromatic nitrogens is 1. The van der Waals surface area contributed by atoms with Crippen LogP contribution in [0.2, 0.25) is 5.02 Å². The highest BCUT2D eigenvalue weighted by atomic mass is 35.5. The highest BCUT2D eigenvalue weighted by Crippen LogP contribution is 2.28. The number of hydrogen-bond donors (Lipinski definition) is 1. The van der Waals surface area contributed by atoms with Crippen molar-refractivity contribution in [3.05, 3.63) is 47.6 Å². The molecule has 7 heteroatoms. The number of carbonyl (C=O) groups is 1. The Morgan fingerprint density at radius 2 is 2.17 bits per heavy atom. The number of methoxy groups -OCH3 is 1. The quantitative estimate of drug-likeness (QED) is 0.934. The van der Waals surface area contributed by atoms with Crippen LogP contribution in [0.15, 0.2) is 42.6 Å².